The maximum absolute atomic E-state index is 12.7. The molecule has 1 aromatic carbocycles. The Morgan fingerprint density at radius 3 is 2.32 bits per heavy atom. The lowest BCUT2D eigenvalue weighted by Crippen LogP contribution is -2.33. The number of nitrogens with zero attached hydrogens (tertiary/aromatic N) is 2. The lowest BCUT2D eigenvalue weighted by Gasteiger charge is -2.20. The van der Waals surface area contributed by atoms with Gasteiger partial charge in [0.2, 0.25) is 10.0 Å². The molecule has 0 aliphatic carbocycles. The van der Waals surface area contributed by atoms with Crippen LogP contribution in [0.15, 0.2) is 53.6 Å². The van der Waals surface area contributed by atoms with Crippen LogP contribution >= 0.6 is 0 Å². The van der Waals surface area contributed by atoms with Crippen molar-refractivity contribution in [2.75, 3.05) is 13.1 Å². The van der Waals surface area contributed by atoms with Crippen molar-refractivity contribution in [3.8, 4) is 0 Å². The lowest BCUT2D eigenvalue weighted by molar-refractivity contribution is 0.429. The second-order valence-electron chi connectivity index (χ2n) is 5.07. The second-order valence-corrected chi connectivity index (χ2v) is 7.00. The number of likely N-dealkylation sites (N-methyl/N-ethyl adjacent to an activating group) is 1. The van der Waals surface area contributed by atoms with Crippen LogP contribution in [0.1, 0.15) is 25.1 Å². The zero-order chi connectivity index (χ0) is 16.0. The van der Waals surface area contributed by atoms with Gasteiger partial charge in [0, 0.05) is 31.4 Å². The molecule has 0 saturated carbocycles. The van der Waals surface area contributed by atoms with Gasteiger partial charge < -0.3 is 0 Å². The monoisotopic (exact) mass is 318 g/mol. The third-order valence-corrected chi connectivity index (χ3v) is 5.65. The average molecular weight is 318 g/mol. The maximum Gasteiger partial charge on any atom is 0.243 e. The summed E-state index contributed by atoms with van der Waals surface area (Å²) in [5, 5.41) is 0. The molecule has 2 aromatic rings. The molecular weight excluding hydrogens is 296 g/mol. The van der Waals surface area contributed by atoms with Crippen LogP contribution in [0.5, 0.6) is 0 Å². The highest BCUT2D eigenvalue weighted by atomic mass is 32.2. The third kappa shape index (κ3) is 3.93. The highest BCUT2D eigenvalue weighted by Gasteiger charge is 2.22. The number of aryl methyl sites for hydroxylation is 1. The molecule has 1 aromatic heterocycles. The Hall–Kier alpha value is -1.72. The molecule has 0 aliphatic rings. The Morgan fingerprint density at radius 2 is 1.77 bits per heavy atom. The molecule has 2 rings (SSSR count). The molecular formula is C17H22N2O2S. The summed E-state index contributed by atoms with van der Waals surface area (Å²) >= 11 is 0. The molecule has 0 radical (unpaired) electrons. The summed E-state index contributed by atoms with van der Waals surface area (Å²) in [5.74, 6) is 0. The fourth-order valence-electron chi connectivity index (χ4n) is 2.28. The molecule has 0 saturated heterocycles. The molecule has 118 valence electrons. The lowest BCUT2D eigenvalue weighted by atomic mass is 10.2. The van der Waals surface area contributed by atoms with Crippen LogP contribution < -0.4 is 0 Å². The van der Waals surface area contributed by atoms with Gasteiger partial charge >= 0.3 is 0 Å². The number of sulfonamides is 1. The molecule has 0 spiro atoms. The number of benzene rings is 1. The van der Waals surface area contributed by atoms with Gasteiger partial charge in [-0.3, -0.25) is 4.98 Å². The molecule has 0 bridgehead atoms. The van der Waals surface area contributed by atoms with Gasteiger partial charge in [-0.25, -0.2) is 8.42 Å². The second kappa shape index (κ2) is 7.51. The molecule has 5 heteroatoms. The fourth-order valence-corrected chi connectivity index (χ4v) is 3.73. The minimum absolute atomic E-state index is 0.354. The molecule has 0 amide bonds. The Balaban J connectivity index is 2.13. The van der Waals surface area contributed by atoms with Crippen LogP contribution in [-0.2, 0) is 22.9 Å². The number of rotatable bonds is 7. The minimum Gasteiger partial charge on any atom is -0.261 e. The van der Waals surface area contributed by atoms with Crippen molar-refractivity contribution in [1.29, 1.82) is 0 Å². The first kappa shape index (κ1) is 16.6. The number of aromatic nitrogens is 1. The van der Waals surface area contributed by atoms with Gasteiger partial charge in [-0.1, -0.05) is 32.0 Å². The number of hydrogen-bond donors (Lipinski definition) is 0. The third-order valence-electron chi connectivity index (χ3n) is 3.67. The maximum atomic E-state index is 12.7. The fraction of sp³-hybridized carbons (Fsp3) is 0.353. The van der Waals surface area contributed by atoms with E-state index in [1.807, 2.05) is 37.3 Å². The van der Waals surface area contributed by atoms with Crippen molar-refractivity contribution in [3.05, 3.63) is 59.9 Å². The van der Waals surface area contributed by atoms with Crippen LogP contribution in [-0.4, -0.2) is 30.8 Å². The van der Waals surface area contributed by atoms with Gasteiger partial charge in [0.25, 0.3) is 0 Å². The molecule has 22 heavy (non-hydrogen) atoms. The molecule has 4 nitrogen and oxygen atoms in total. The van der Waals surface area contributed by atoms with Gasteiger partial charge in [0.15, 0.2) is 0 Å². The molecule has 0 unspecified atom stereocenters. The standard InChI is InChI=1S/C17H22N2O2S/c1-3-15-8-10-17(11-9-15)22(20,21)19(4-2)14-12-16-7-5-6-13-18-16/h5-11,13H,3-4,12,14H2,1-2H3. The Kier molecular flexibility index (Phi) is 5.69. The zero-order valence-corrected chi connectivity index (χ0v) is 13.9. The SMILES string of the molecule is CCc1ccc(S(=O)(=O)N(CC)CCc2ccccn2)cc1. The van der Waals surface area contributed by atoms with E-state index in [9.17, 15) is 8.42 Å². The van der Waals surface area contributed by atoms with E-state index in [4.69, 9.17) is 0 Å². The van der Waals surface area contributed by atoms with Crippen molar-refractivity contribution >= 4 is 10.0 Å². The molecule has 0 atom stereocenters. The Bertz CT molecular complexity index is 682. The van der Waals surface area contributed by atoms with Crippen LogP contribution in [0.4, 0.5) is 0 Å². The van der Waals surface area contributed by atoms with E-state index in [0.717, 1.165) is 17.7 Å². The minimum atomic E-state index is -3.44. The molecule has 0 aliphatic heterocycles. The van der Waals surface area contributed by atoms with Gasteiger partial charge in [0.05, 0.1) is 4.90 Å². The first-order valence-electron chi connectivity index (χ1n) is 7.57. The summed E-state index contributed by atoms with van der Waals surface area (Å²) in [6, 6.07) is 12.8. The van der Waals surface area contributed by atoms with E-state index in [-0.39, 0.29) is 0 Å². The van der Waals surface area contributed by atoms with E-state index in [0.29, 0.717) is 24.4 Å². The van der Waals surface area contributed by atoms with E-state index in [1.165, 1.54) is 4.31 Å². The van der Waals surface area contributed by atoms with Crippen molar-refractivity contribution in [2.24, 2.45) is 0 Å². The van der Waals surface area contributed by atoms with Crippen molar-refractivity contribution < 1.29 is 8.42 Å². The topological polar surface area (TPSA) is 50.3 Å². The molecule has 1 heterocycles. The Labute approximate surface area is 132 Å². The normalized spacial score (nSPS) is 11.8. The summed E-state index contributed by atoms with van der Waals surface area (Å²) in [7, 11) is -3.44. The summed E-state index contributed by atoms with van der Waals surface area (Å²) < 4.78 is 26.9. The van der Waals surface area contributed by atoms with Crippen LogP contribution in [0.3, 0.4) is 0 Å². The van der Waals surface area contributed by atoms with Gasteiger partial charge in [-0.15, -0.1) is 0 Å². The van der Waals surface area contributed by atoms with Crippen molar-refractivity contribution in [2.45, 2.75) is 31.6 Å². The predicted molar refractivity (Wildman–Crippen MR) is 88.2 cm³/mol. The number of pyridine rings is 1. The zero-order valence-electron chi connectivity index (χ0n) is 13.1. The smallest absolute Gasteiger partial charge is 0.243 e. The van der Waals surface area contributed by atoms with E-state index >= 15 is 0 Å². The van der Waals surface area contributed by atoms with E-state index in [2.05, 4.69) is 11.9 Å². The van der Waals surface area contributed by atoms with Gasteiger partial charge in [0.1, 0.15) is 0 Å². The highest BCUT2D eigenvalue weighted by Crippen LogP contribution is 2.17. The largest absolute Gasteiger partial charge is 0.261 e. The van der Waals surface area contributed by atoms with Crippen LogP contribution in [0.25, 0.3) is 0 Å². The summed E-state index contributed by atoms with van der Waals surface area (Å²) in [5.41, 5.74) is 2.04. The highest BCUT2D eigenvalue weighted by molar-refractivity contribution is 7.89. The van der Waals surface area contributed by atoms with Gasteiger partial charge in [-0.2, -0.15) is 4.31 Å². The molecule has 0 N–H and O–H groups in total. The van der Waals surface area contributed by atoms with Crippen LogP contribution in [0, 0.1) is 0 Å². The number of hydrogen-bond acceptors (Lipinski definition) is 3. The molecule has 0 fully saturated rings. The summed E-state index contributed by atoms with van der Waals surface area (Å²) in [6.07, 6.45) is 3.24. The first-order valence-corrected chi connectivity index (χ1v) is 9.01. The van der Waals surface area contributed by atoms with E-state index < -0.39 is 10.0 Å². The van der Waals surface area contributed by atoms with Gasteiger partial charge in [-0.05, 0) is 36.2 Å². The summed E-state index contributed by atoms with van der Waals surface area (Å²) in [6.45, 7) is 4.79. The Morgan fingerprint density at radius 1 is 1.05 bits per heavy atom. The summed E-state index contributed by atoms with van der Waals surface area (Å²) in [4.78, 5) is 4.60. The van der Waals surface area contributed by atoms with Crippen LogP contribution in [0.2, 0.25) is 0 Å². The predicted octanol–water partition coefficient (Wildman–Crippen LogP) is 2.90. The first-order chi connectivity index (χ1) is 10.6. The van der Waals surface area contributed by atoms with E-state index in [1.54, 1.807) is 18.3 Å². The van der Waals surface area contributed by atoms with Crippen molar-refractivity contribution in [1.82, 2.24) is 9.29 Å². The quantitative estimate of drug-likeness (QED) is 0.789. The van der Waals surface area contributed by atoms with Crippen molar-refractivity contribution in [3.63, 3.8) is 0 Å². The average Bonchev–Trinajstić information content (AvgIpc) is 2.56.